The second kappa shape index (κ2) is 13.1. The molecule has 3 aromatic rings. The Morgan fingerprint density at radius 1 is 0.870 bits per heavy atom. The lowest BCUT2D eigenvalue weighted by Gasteiger charge is -2.30. The van der Waals surface area contributed by atoms with Gasteiger partial charge in [-0.2, -0.15) is 5.10 Å². The van der Waals surface area contributed by atoms with Gasteiger partial charge < -0.3 is 23.8 Å². The molecule has 2 aliphatic heterocycles. The highest BCUT2D eigenvalue weighted by Crippen LogP contribution is 2.47. The van der Waals surface area contributed by atoms with E-state index in [1.807, 2.05) is 41.3 Å². The lowest BCUT2D eigenvalue weighted by Crippen LogP contribution is -2.32. The number of nitro benzene ring substituents is 1. The van der Waals surface area contributed by atoms with E-state index in [0.717, 1.165) is 67.6 Å². The van der Waals surface area contributed by atoms with E-state index in [0.29, 0.717) is 28.7 Å². The van der Waals surface area contributed by atoms with E-state index in [1.54, 1.807) is 40.6 Å². The molecule has 6 rings (SSSR count). The Hall–Kier alpha value is -5.06. The number of carbonyl (C=O) groups excluding carboxylic acids is 1. The van der Waals surface area contributed by atoms with Gasteiger partial charge in [-0.05, 0) is 91.3 Å². The maximum absolute atomic E-state index is 14.4. The maximum atomic E-state index is 14.4. The van der Waals surface area contributed by atoms with Crippen molar-refractivity contribution < 1.29 is 28.7 Å². The first kappa shape index (κ1) is 30.9. The third-order valence-corrected chi connectivity index (χ3v) is 9.07. The van der Waals surface area contributed by atoms with Crippen LogP contribution < -0.4 is 23.8 Å². The number of hydrogen-bond donors (Lipinski definition) is 0. The lowest BCUT2D eigenvalue weighted by atomic mass is 9.77. The Balaban J connectivity index is 1.43. The van der Waals surface area contributed by atoms with Crippen molar-refractivity contribution in [1.82, 2.24) is 5.01 Å². The predicted octanol–water partition coefficient (Wildman–Crippen LogP) is 6.67. The van der Waals surface area contributed by atoms with E-state index in [4.69, 9.17) is 24.0 Å². The van der Waals surface area contributed by atoms with Crippen molar-refractivity contribution in [2.24, 2.45) is 11.0 Å². The molecule has 11 nitrogen and oxygen atoms in total. The Morgan fingerprint density at radius 2 is 1.54 bits per heavy atom. The van der Waals surface area contributed by atoms with Crippen LogP contribution in [0.15, 0.2) is 65.3 Å². The summed E-state index contributed by atoms with van der Waals surface area (Å²) in [6.45, 7) is 1.51. The van der Waals surface area contributed by atoms with Gasteiger partial charge in [-0.25, -0.2) is 5.01 Å². The third kappa shape index (κ3) is 5.73. The first-order chi connectivity index (χ1) is 22.4. The minimum atomic E-state index is -0.450. The largest absolute Gasteiger partial charge is 0.493 e. The van der Waals surface area contributed by atoms with Crippen LogP contribution in [-0.4, -0.2) is 63.1 Å². The molecule has 1 saturated heterocycles. The van der Waals surface area contributed by atoms with Crippen molar-refractivity contribution in [1.29, 1.82) is 0 Å². The van der Waals surface area contributed by atoms with Crippen molar-refractivity contribution in [2.75, 3.05) is 46.4 Å². The van der Waals surface area contributed by atoms with E-state index < -0.39 is 16.9 Å². The average molecular weight is 627 g/mol. The molecule has 3 aromatic carbocycles. The quantitative estimate of drug-likeness (QED) is 0.191. The molecule has 240 valence electrons. The highest BCUT2D eigenvalue weighted by molar-refractivity contribution is 6.09. The molecule has 46 heavy (non-hydrogen) atoms. The number of nitro groups is 1. The summed E-state index contributed by atoms with van der Waals surface area (Å²) >= 11 is 0. The van der Waals surface area contributed by atoms with Gasteiger partial charge in [-0.3, -0.25) is 14.9 Å². The average Bonchev–Trinajstić information content (AvgIpc) is 3.77. The molecule has 0 aromatic heterocycles. The molecule has 2 heterocycles. The number of fused-ring (bicyclic) bond motifs is 1. The minimum absolute atomic E-state index is 0.0753. The summed E-state index contributed by atoms with van der Waals surface area (Å²) in [5.74, 6) is 1.89. The first-order valence-electron chi connectivity index (χ1n) is 15.5. The first-order valence-corrected chi connectivity index (χ1v) is 15.5. The Labute approximate surface area is 268 Å². The summed E-state index contributed by atoms with van der Waals surface area (Å²) in [4.78, 5) is 28.1. The summed E-state index contributed by atoms with van der Waals surface area (Å²) < 4.78 is 22.0. The van der Waals surface area contributed by atoms with Gasteiger partial charge in [0.2, 0.25) is 0 Å². The monoisotopic (exact) mass is 626 g/mol. The van der Waals surface area contributed by atoms with Gasteiger partial charge in [0.25, 0.3) is 11.6 Å². The number of allylic oxidation sites excluding steroid dienone is 1. The van der Waals surface area contributed by atoms with Crippen LogP contribution in [0.1, 0.15) is 59.6 Å². The van der Waals surface area contributed by atoms with Gasteiger partial charge in [0.15, 0.2) is 23.0 Å². The van der Waals surface area contributed by atoms with Crippen molar-refractivity contribution >= 4 is 29.1 Å². The third-order valence-electron chi connectivity index (χ3n) is 9.07. The van der Waals surface area contributed by atoms with Gasteiger partial charge in [0.05, 0.1) is 45.1 Å². The van der Waals surface area contributed by atoms with Crippen LogP contribution in [-0.2, 0) is 0 Å². The van der Waals surface area contributed by atoms with Gasteiger partial charge in [-0.1, -0.05) is 12.1 Å². The normalized spacial score (nSPS) is 19.9. The van der Waals surface area contributed by atoms with E-state index in [2.05, 4.69) is 6.08 Å². The van der Waals surface area contributed by atoms with E-state index in [9.17, 15) is 14.9 Å². The molecular weight excluding hydrogens is 588 g/mol. The second-order valence-electron chi connectivity index (χ2n) is 11.6. The fraction of sp³-hybridized carbons (Fsp3) is 0.371. The molecule has 3 aliphatic rings. The van der Waals surface area contributed by atoms with Gasteiger partial charge >= 0.3 is 0 Å². The maximum Gasteiger partial charge on any atom is 0.293 e. The molecule has 2 atom stereocenters. The number of hydrogen-bond acceptors (Lipinski definition) is 9. The minimum Gasteiger partial charge on any atom is -0.493 e. The fourth-order valence-corrected chi connectivity index (χ4v) is 6.84. The fourth-order valence-electron chi connectivity index (χ4n) is 6.84. The zero-order valence-corrected chi connectivity index (χ0v) is 26.5. The summed E-state index contributed by atoms with van der Waals surface area (Å²) in [6, 6.07) is 15.7. The Morgan fingerprint density at radius 3 is 2.22 bits per heavy atom. The lowest BCUT2D eigenvalue weighted by molar-refractivity contribution is -0.384. The molecule has 0 N–H and O–H groups in total. The van der Waals surface area contributed by atoms with Crippen LogP contribution in [0.4, 0.5) is 11.4 Å². The summed E-state index contributed by atoms with van der Waals surface area (Å²) in [7, 11) is 6.36. The van der Waals surface area contributed by atoms with Gasteiger partial charge in [0, 0.05) is 30.6 Å². The Bertz CT molecular complexity index is 1710. The number of rotatable bonds is 9. The number of carbonyl (C=O) groups is 1. The van der Waals surface area contributed by atoms with Gasteiger partial charge in [-0.15, -0.1) is 0 Å². The van der Waals surface area contributed by atoms with E-state index in [1.165, 1.54) is 11.1 Å². The number of methoxy groups -OCH3 is 4. The molecule has 1 saturated carbocycles. The SMILES string of the molecule is COc1ccc(/C=C2/CCC[C@H]3C2=NN(C(=O)c2ccc(N4CCCC4)c([N+](=O)[O-])c2)[C@H]3c2ccc(OC)c(OC)c2)cc1OC. The van der Waals surface area contributed by atoms with Gasteiger partial charge in [0.1, 0.15) is 5.69 Å². The highest BCUT2D eigenvalue weighted by Gasteiger charge is 2.44. The summed E-state index contributed by atoms with van der Waals surface area (Å²) in [6.07, 6.45) is 6.57. The molecule has 11 heteroatoms. The molecule has 2 fully saturated rings. The molecule has 0 radical (unpaired) electrons. The highest BCUT2D eigenvalue weighted by atomic mass is 16.6. The van der Waals surface area contributed by atoms with Crippen molar-refractivity contribution in [2.45, 2.75) is 38.1 Å². The molecule has 1 amide bonds. The molecular formula is C35H38N4O7. The summed E-state index contributed by atoms with van der Waals surface area (Å²) in [5, 5.41) is 18.7. The van der Waals surface area contributed by atoms with Crippen molar-refractivity contribution in [3.63, 3.8) is 0 Å². The topological polar surface area (TPSA) is 116 Å². The summed E-state index contributed by atoms with van der Waals surface area (Å²) in [5.41, 5.74) is 4.30. The van der Waals surface area contributed by atoms with Crippen molar-refractivity contribution in [3.8, 4) is 23.0 Å². The number of benzene rings is 3. The predicted molar refractivity (Wildman–Crippen MR) is 175 cm³/mol. The van der Waals surface area contributed by atoms with Crippen LogP contribution in [0.5, 0.6) is 23.0 Å². The smallest absolute Gasteiger partial charge is 0.293 e. The Kier molecular flexibility index (Phi) is 8.83. The van der Waals surface area contributed by atoms with Crippen molar-refractivity contribution in [3.05, 3.63) is 87.0 Å². The second-order valence-corrected chi connectivity index (χ2v) is 11.6. The molecule has 1 aliphatic carbocycles. The molecule has 0 unspecified atom stereocenters. The number of amides is 1. The van der Waals surface area contributed by atoms with Crippen LogP contribution in [0.2, 0.25) is 0 Å². The number of anilines is 1. The standard InChI is InChI=1S/C35H38N4O7/c1-43-29-14-10-22(19-31(29)45-3)18-23-8-7-9-26-33(23)36-38(34(26)24-12-15-30(44-2)32(21-24)46-4)35(40)25-11-13-27(28(20-25)39(41)42)37-16-5-6-17-37/h10-15,18-21,26,34H,5-9,16-17H2,1-4H3/b23-18-/t26-,34-/m0/s1. The number of ether oxygens (including phenoxy) is 4. The molecule has 0 spiro atoms. The number of nitrogens with zero attached hydrogens (tertiary/aromatic N) is 4. The van der Waals surface area contributed by atoms with E-state index >= 15 is 0 Å². The zero-order chi connectivity index (χ0) is 32.4. The van der Waals surface area contributed by atoms with Crippen LogP contribution in [0.25, 0.3) is 6.08 Å². The zero-order valence-electron chi connectivity index (χ0n) is 26.5. The van der Waals surface area contributed by atoms with E-state index in [-0.39, 0.29) is 17.2 Å². The number of hydrazone groups is 1. The van der Waals surface area contributed by atoms with Crippen LogP contribution in [0.3, 0.4) is 0 Å². The van der Waals surface area contributed by atoms with Crippen LogP contribution in [0, 0.1) is 16.0 Å². The van der Waals surface area contributed by atoms with Crippen LogP contribution >= 0.6 is 0 Å². The molecule has 0 bridgehead atoms.